The first-order valence-corrected chi connectivity index (χ1v) is 9.34. The first-order valence-electron chi connectivity index (χ1n) is 9.34. The van der Waals surface area contributed by atoms with Crippen molar-refractivity contribution in [3.63, 3.8) is 0 Å². The van der Waals surface area contributed by atoms with Crippen molar-refractivity contribution >= 4 is 17.4 Å². The molecule has 136 valence electrons. The topological polar surface area (TPSA) is 59.3 Å². The molecule has 3 rings (SSSR count). The highest BCUT2D eigenvalue weighted by molar-refractivity contribution is 5.94. The lowest BCUT2D eigenvalue weighted by Crippen LogP contribution is -2.23. The van der Waals surface area contributed by atoms with Crippen LogP contribution in [0.3, 0.4) is 0 Å². The molecular weight excluding hydrogens is 324 g/mol. The van der Waals surface area contributed by atoms with Crippen LogP contribution in [0.2, 0.25) is 0 Å². The van der Waals surface area contributed by atoms with E-state index in [-0.39, 0.29) is 11.8 Å². The fourth-order valence-corrected chi connectivity index (χ4v) is 3.22. The van der Waals surface area contributed by atoms with E-state index in [1.807, 2.05) is 48.0 Å². The van der Waals surface area contributed by atoms with Crippen LogP contribution >= 0.6 is 0 Å². The van der Waals surface area contributed by atoms with Crippen molar-refractivity contribution in [1.29, 1.82) is 0 Å². The van der Waals surface area contributed by atoms with Crippen LogP contribution in [-0.2, 0) is 4.79 Å². The van der Waals surface area contributed by atoms with Crippen molar-refractivity contribution in [2.45, 2.75) is 46.5 Å². The lowest BCUT2D eigenvalue weighted by atomic mass is 9.97. The lowest BCUT2D eigenvalue weighted by Gasteiger charge is -2.17. The average molecular weight is 350 g/mol. The molecule has 1 amide bonds. The fourth-order valence-electron chi connectivity index (χ4n) is 3.22. The summed E-state index contributed by atoms with van der Waals surface area (Å²) >= 11 is 0. The van der Waals surface area contributed by atoms with Gasteiger partial charge in [-0.1, -0.05) is 38.8 Å². The van der Waals surface area contributed by atoms with Crippen LogP contribution in [0.1, 0.15) is 45.1 Å². The maximum absolute atomic E-state index is 12.7. The molecule has 5 heteroatoms. The highest BCUT2D eigenvalue weighted by atomic mass is 16.1. The van der Waals surface area contributed by atoms with Crippen LogP contribution < -0.4 is 5.32 Å². The third-order valence-electron chi connectivity index (χ3n) is 4.67. The molecule has 3 aromatic rings. The van der Waals surface area contributed by atoms with E-state index < -0.39 is 0 Å². The van der Waals surface area contributed by atoms with Crippen LogP contribution in [-0.4, -0.2) is 20.3 Å². The van der Waals surface area contributed by atoms with E-state index >= 15 is 0 Å². The quantitative estimate of drug-likeness (QED) is 0.662. The van der Waals surface area contributed by atoms with Crippen LogP contribution in [0, 0.1) is 12.8 Å². The van der Waals surface area contributed by atoms with Gasteiger partial charge in [-0.25, -0.2) is 9.97 Å². The molecule has 0 aliphatic heterocycles. The molecule has 0 saturated carbocycles. The number of nitrogens with zero attached hydrogens (tertiary/aromatic N) is 3. The summed E-state index contributed by atoms with van der Waals surface area (Å²) in [5, 5.41) is 3.13. The first kappa shape index (κ1) is 18.1. The molecular formula is C21H26N4O. The van der Waals surface area contributed by atoms with Crippen LogP contribution in [0.25, 0.3) is 17.0 Å². The van der Waals surface area contributed by atoms with Crippen molar-refractivity contribution < 1.29 is 4.79 Å². The number of carbonyl (C=O) groups is 1. The minimum Gasteiger partial charge on any atom is -0.326 e. The standard InChI is InChI=1S/C21H26N4O/c1-4-7-16(8-5-2)20(26)23-18-13-17(10-9-15(18)3)19-14-25-12-6-11-22-21(25)24-19/h6,9-14,16H,4-5,7-8H2,1-3H3,(H,23,26). The first-order chi connectivity index (χ1) is 12.6. The molecule has 2 heterocycles. The number of amides is 1. The summed E-state index contributed by atoms with van der Waals surface area (Å²) in [5.74, 6) is 0.859. The molecule has 5 nitrogen and oxygen atoms in total. The molecule has 0 atom stereocenters. The summed E-state index contributed by atoms with van der Waals surface area (Å²) in [4.78, 5) is 21.5. The minimum atomic E-state index is 0.0763. The molecule has 0 fully saturated rings. The van der Waals surface area contributed by atoms with Crippen molar-refractivity contribution in [3.05, 3.63) is 48.4 Å². The zero-order valence-corrected chi connectivity index (χ0v) is 15.7. The van der Waals surface area contributed by atoms with E-state index in [9.17, 15) is 4.79 Å². The molecule has 0 bridgehead atoms. The molecule has 0 unspecified atom stereocenters. The van der Waals surface area contributed by atoms with Gasteiger partial charge in [-0.15, -0.1) is 0 Å². The van der Waals surface area contributed by atoms with Gasteiger partial charge in [0.1, 0.15) is 0 Å². The third kappa shape index (κ3) is 3.93. The third-order valence-corrected chi connectivity index (χ3v) is 4.67. The molecule has 0 aliphatic carbocycles. The zero-order chi connectivity index (χ0) is 18.5. The Hall–Kier alpha value is -2.69. The minimum absolute atomic E-state index is 0.0763. The maximum atomic E-state index is 12.7. The van der Waals surface area contributed by atoms with Gasteiger partial charge in [0.25, 0.3) is 0 Å². The summed E-state index contributed by atoms with van der Waals surface area (Å²) in [5.41, 5.74) is 3.72. The monoisotopic (exact) mass is 350 g/mol. The molecule has 0 saturated heterocycles. The van der Waals surface area contributed by atoms with Gasteiger partial charge in [-0.3, -0.25) is 9.20 Å². The van der Waals surface area contributed by atoms with Gasteiger partial charge in [0.05, 0.1) is 5.69 Å². The fraction of sp³-hybridized carbons (Fsp3) is 0.381. The van der Waals surface area contributed by atoms with Gasteiger partial charge in [-0.05, 0) is 37.5 Å². The molecule has 26 heavy (non-hydrogen) atoms. The van der Waals surface area contributed by atoms with Gasteiger partial charge >= 0.3 is 0 Å². The number of aromatic nitrogens is 3. The number of rotatable bonds is 7. The largest absolute Gasteiger partial charge is 0.326 e. The second kappa shape index (κ2) is 8.13. The molecule has 1 aromatic carbocycles. The summed E-state index contributed by atoms with van der Waals surface area (Å²) < 4.78 is 1.89. The number of carbonyl (C=O) groups excluding carboxylic acids is 1. The van der Waals surface area contributed by atoms with Gasteiger partial charge in [0.15, 0.2) is 0 Å². The Bertz CT molecular complexity index is 861. The number of hydrogen-bond acceptors (Lipinski definition) is 3. The second-order valence-electron chi connectivity index (χ2n) is 6.75. The summed E-state index contributed by atoms with van der Waals surface area (Å²) in [6, 6.07) is 7.93. The number of hydrogen-bond donors (Lipinski definition) is 1. The Morgan fingerprint density at radius 3 is 2.69 bits per heavy atom. The second-order valence-corrected chi connectivity index (χ2v) is 6.75. The van der Waals surface area contributed by atoms with Gasteiger partial charge in [0, 0.05) is 35.8 Å². The van der Waals surface area contributed by atoms with E-state index in [1.54, 1.807) is 6.20 Å². The molecule has 0 aliphatic rings. The Kier molecular flexibility index (Phi) is 5.66. The highest BCUT2D eigenvalue weighted by Crippen LogP contribution is 2.26. The van der Waals surface area contributed by atoms with E-state index in [1.165, 1.54) is 0 Å². The zero-order valence-electron chi connectivity index (χ0n) is 15.7. The van der Waals surface area contributed by atoms with E-state index in [0.717, 1.165) is 48.2 Å². The normalized spacial score (nSPS) is 11.2. The van der Waals surface area contributed by atoms with E-state index in [4.69, 9.17) is 0 Å². The van der Waals surface area contributed by atoms with Crippen molar-refractivity contribution in [2.24, 2.45) is 5.92 Å². The number of imidazole rings is 1. The van der Waals surface area contributed by atoms with Crippen LogP contribution in [0.5, 0.6) is 0 Å². The highest BCUT2D eigenvalue weighted by Gasteiger charge is 2.18. The Morgan fingerprint density at radius 2 is 2.00 bits per heavy atom. The van der Waals surface area contributed by atoms with Gasteiger partial charge < -0.3 is 5.32 Å². The summed E-state index contributed by atoms with van der Waals surface area (Å²) in [6.07, 6.45) is 9.50. The molecule has 0 radical (unpaired) electrons. The number of anilines is 1. The summed E-state index contributed by atoms with van der Waals surface area (Å²) in [7, 11) is 0. The number of nitrogens with one attached hydrogen (secondary N) is 1. The van der Waals surface area contributed by atoms with Crippen molar-refractivity contribution in [3.8, 4) is 11.3 Å². The maximum Gasteiger partial charge on any atom is 0.234 e. The Morgan fingerprint density at radius 1 is 1.23 bits per heavy atom. The summed E-state index contributed by atoms with van der Waals surface area (Å²) in [6.45, 7) is 6.26. The number of aryl methyl sites for hydroxylation is 1. The predicted molar refractivity (Wildman–Crippen MR) is 105 cm³/mol. The lowest BCUT2D eigenvalue weighted by molar-refractivity contribution is -0.120. The van der Waals surface area contributed by atoms with E-state index in [2.05, 4.69) is 29.1 Å². The van der Waals surface area contributed by atoms with Crippen molar-refractivity contribution in [2.75, 3.05) is 5.32 Å². The molecule has 1 N–H and O–H groups in total. The average Bonchev–Trinajstić information content (AvgIpc) is 3.07. The Labute approximate surface area is 154 Å². The smallest absolute Gasteiger partial charge is 0.234 e. The SMILES string of the molecule is CCCC(CCC)C(=O)Nc1cc(-c2cn3cccnc3n2)ccc1C. The van der Waals surface area contributed by atoms with E-state index in [0.29, 0.717) is 5.78 Å². The predicted octanol–water partition coefficient (Wildman–Crippen LogP) is 4.86. The molecule has 2 aromatic heterocycles. The molecule has 0 spiro atoms. The van der Waals surface area contributed by atoms with Gasteiger partial charge in [-0.2, -0.15) is 0 Å². The Balaban J connectivity index is 1.86. The van der Waals surface area contributed by atoms with Crippen LogP contribution in [0.4, 0.5) is 5.69 Å². The van der Waals surface area contributed by atoms with Crippen LogP contribution in [0.15, 0.2) is 42.9 Å². The van der Waals surface area contributed by atoms with Gasteiger partial charge in [0.2, 0.25) is 11.7 Å². The number of benzene rings is 1. The van der Waals surface area contributed by atoms with Crippen molar-refractivity contribution in [1.82, 2.24) is 14.4 Å². The number of fused-ring (bicyclic) bond motifs is 1.